The minimum absolute atomic E-state index is 0.497. The minimum atomic E-state index is 0.497. The Hall–Kier alpha value is 0.310. The van der Waals surface area contributed by atoms with E-state index in [1.807, 2.05) is 0 Å². The SMILES string of the molecule is CCCNC(C1CC(C)CC(C)C1)C1(C)CCCS1. The van der Waals surface area contributed by atoms with Crippen LogP contribution in [0.5, 0.6) is 0 Å². The topological polar surface area (TPSA) is 12.0 Å². The number of nitrogens with one attached hydrogen (secondary N) is 1. The summed E-state index contributed by atoms with van der Waals surface area (Å²) < 4.78 is 0.497. The zero-order valence-corrected chi connectivity index (χ0v) is 14.2. The van der Waals surface area contributed by atoms with Gasteiger partial charge in [0.25, 0.3) is 0 Å². The van der Waals surface area contributed by atoms with E-state index in [-0.39, 0.29) is 0 Å². The molecule has 0 spiro atoms. The van der Waals surface area contributed by atoms with Gasteiger partial charge in [-0.05, 0) is 75.5 Å². The summed E-state index contributed by atoms with van der Waals surface area (Å²) in [5.41, 5.74) is 0. The molecule has 1 aliphatic carbocycles. The van der Waals surface area contributed by atoms with Gasteiger partial charge in [-0.25, -0.2) is 0 Å². The summed E-state index contributed by atoms with van der Waals surface area (Å²) in [6.45, 7) is 10.9. The number of hydrogen-bond acceptors (Lipinski definition) is 2. The van der Waals surface area contributed by atoms with Crippen molar-refractivity contribution >= 4 is 11.8 Å². The number of rotatable bonds is 5. The fraction of sp³-hybridized carbons (Fsp3) is 1.00. The smallest absolute Gasteiger partial charge is 0.0287 e. The third kappa shape index (κ3) is 3.91. The Kier molecular flexibility index (Phi) is 5.65. The summed E-state index contributed by atoms with van der Waals surface area (Å²) in [4.78, 5) is 0. The Balaban J connectivity index is 2.07. The Morgan fingerprint density at radius 1 is 1.21 bits per heavy atom. The zero-order valence-electron chi connectivity index (χ0n) is 13.4. The van der Waals surface area contributed by atoms with Crippen LogP contribution in [0.15, 0.2) is 0 Å². The molecule has 19 heavy (non-hydrogen) atoms. The molecule has 1 saturated heterocycles. The molecule has 2 aliphatic rings. The molecule has 1 N–H and O–H groups in total. The molecule has 0 aromatic rings. The molecule has 0 aromatic heterocycles. The second kappa shape index (κ2) is 6.85. The highest BCUT2D eigenvalue weighted by Crippen LogP contribution is 2.46. The molecule has 2 heteroatoms. The minimum Gasteiger partial charge on any atom is -0.312 e. The van der Waals surface area contributed by atoms with Crippen LogP contribution in [-0.2, 0) is 0 Å². The van der Waals surface area contributed by atoms with E-state index in [0.717, 1.165) is 23.8 Å². The van der Waals surface area contributed by atoms with Crippen LogP contribution in [0.1, 0.15) is 66.2 Å². The standard InChI is InChI=1S/C17H33NS/c1-5-8-18-16(17(4)7-6-9-19-17)15-11-13(2)10-14(3)12-15/h13-16,18H,5-12H2,1-4H3. The molecule has 112 valence electrons. The summed E-state index contributed by atoms with van der Waals surface area (Å²) in [6.07, 6.45) is 8.43. The van der Waals surface area contributed by atoms with Gasteiger partial charge in [-0.3, -0.25) is 0 Å². The first-order valence-corrected chi connectivity index (χ1v) is 9.41. The third-order valence-electron chi connectivity index (χ3n) is 5.21. The van der Waals surface area contributed by atoms with Crippen molar-refractivity contribution in [3.8, 4) is 0 Å². The fourth-order valence-electron chi connectivity index (χ4n) is 4.51. The number of hydrogen-bond donors (Lipinski definition) is 1. The lowest BCUT2D eigenvalue weighted by Crippen LogP contribution is -2.52. The van der Waals surface area contributed by atoms with E-state index in [1.165, 1.54) is 50.8 Å². The molecular formula is C17H33NS. The Labute approximate surface area is 124 Å². The van der Waals surface area contributed by atoms with Crippen LogP contribution >= 0.6 is 11.8 Å². The van der Waals surface area contributed by atoms with Crippen LogP contribution in [0.3, 0.4) is 0 Å². The molecule has 2 fully saturated rings. The van der Waals surface area contributed by atoms with Crippen LogP contribution in [0.2, 0.25) is 0 Å². The van der Waals surface area contributed by atoms with Crippen molar-refractivity contribution in [1.29, 1.82) is 0 Å². The maximum Gasteiger partial charge on any atom is 0.0287 e. The maximum absolute atomic E-state index is 3.94. The van der Waals surface area contributed by atoms with Crippen LogP contribution in [0.4, 0.5) is 0 Å². The first-order valence-electron chi connectivity index (χ1n) is 8.42. The van der Waals surface area contributed by atoms with Gasteiger partial charge in [0.1, 0.15) is 0 Å². The largest absolute Gasteiger partial charge is 0.312 e. The first-order chi connectivity index (χ1) is 9.05. The molecule has 0 bridgehead atoms. The molecule has 2 rings (SSSR count). The lowest BCUT2D eigenvalue weighted by Gasteiger charge is -2.44. The van der Waals surface area contributed by atoms with E-state index in [9.17, 15) is 0 Å². The average molecular weight is 284 g/mol. The lowest BCUT2D eigenvalue weighted by molar-refractivity contribution is 0.156. The molecule has 0 amide bonds. The van der Waals surface area contributed by atoms with Crippen LogP contribution < -0.4 is 5.32 Å². The van der Waals surface area contributed by atoms with Gasteiger partial charge in [-0.15, -0.1) is 0 Å². The monoisotopic (exact) mass is 283 g/mol. The second-order valence-electron chi connectivity index (χ2n) is 7.37. The van der Waals surface area contributed by atoms with Gasteiger partial charge in [-0.2, -0.15) is 11.8 Å². The van der Waals surface area contributed by atoms with Gasteiger partial charge in [0, 0.05) is 10.8 Å². The molecule has 1 heterocycles. The van der Waals surface area contributed by atoms with Gasteiger partial charge in [0.05, 0.1) is 0 Å². The molecule has 1 saturated carbocycles. The van der Waals surface area contributed by atoms with Crippen molar-refractivity contribution in [2.75, 3.05) is 12.3 Å². The highest BCUT2D eigenvalue weighted by Gasteiger charge is 2.43. The first kappa shape index (κ1) is 15.7. The van der Waals surface area contributed by atoms with E-state index in [2.05, 4.69) is 44.8 Å². The van der Waals surface area contributed by atoms with E-state index in [0.29, 0.717) is 4.75 Å². The van der Waals surface area contributed by atoms with Gasteiger partial charge >= 0.3 is 0 Å². The van der Waals surface area contributed by atoms with Gasteiger partial charge in [0.15, 0.2) is 0 Å². The van der Waals surface area contributed by atoms with Crippen molar-refractivity contribution in [2.24, 2.45) is 17.8 Å². The predicted octanol–water partition coefficient (Wildman–Crippen LogP) is 4.71. The third-order valence-corrected chi connectivity index (χ3v) is 6.82. The molecule has 0 aromatic carbocycles. The normalized spacial score (nSPS) is 41.4. The van der Waals surface area contributed by atoms with E-state index in [1.54, 1.807) is 0 Å². The molecule has 1 aliphatic heterocycles. The fourth-order valence-corrected chi connectivity index (χ4v) is 6.01. The molecule has 0 radical (unpaired) electrons. The molecule has 4 unspecified atom stereocenters. The van der Waals surface area contributed by atoms with Gasteiger partial charge in [-0.1, -0.05) is 20.8 Å². The molecule has 4 atom stereocenters. The maximum atomic E-state index is 3.94. The van der Waals surface area contributed by atoms with E-state index >= 15 is 0 Å². The van der Waals surface area contributed by atoms with Crippen molar-refractivity contribution in [1.82, 2.24) is 5.32 Å². The summed E-state index contributed by atoms with van der Waals surface area (Å²) >= 11 is 2.24. The van der Waals surface area contributed by atoms with E-state index in [4.69, 9.17) is 0 Å². The summed E-state index contributed by atoms with van der Waals surface area (Å²) in [6, 6.07) is 0.741. The Morgan fingerprint density at radius 2 is 1.89 bits per heavy atom. The zero-order chi connectivity index (χ0) is 13.9. The summed E-state index contributed by atoms with van der Waals surface area (Å²) in [5.74, 6) is 4.13. The van der Waals surface area contributed by atoms with E-state index < -0.39 is 0 Å². The highest BCUT2D eigenvalue weighted by molar-refractivity contribution is 8.00. The molecule has 1 nitrogen and oxygen atoms in total. The predicted molar refractivity (Wildman–Crippen MR) is 87.8 cm³/mol. The van der Waals surface area contributed by atoms with Crippen molar-refractivity contribution in [3.05, 3.63) is 0 Å². The Bertz CT molecular complexity index is 262. The number of thioether (sulfide) groups is 1. The molecular weight excluding hydrogens is 250 g/mol. The summed E-state index contributed by atoms with van der Waals surface area (Å²) in [5, 5.41) is 3.94. The van der Waals surface area contributed by atoms with Gasteiger partial charge < -0.3 is 5.32 Å². The van der Waals surface area contributed by atoms with Crippen molar-refractivity contribution in [2.45, 2.75) is 77.0 Å². The van der Waals surface area contributed by atoms with Crippen LogP contribution in [0.25, 0.3) is 0 Å². The average Bonchev–Trinajstić information content (AvgIpc) is 2.76. The van der Waals surface area contributed by atoms with Crippen molar-refractivity contribution < 1.29 is 0 Å². The highest BCUT2D eigenvalue weighted by atomic mass is 32.2. The quantitative estimate of drug-likeness (QED) is 0.784. The van der Waals surface area contributed by atoms with Crippen molar-refractivity contribution in [3.63, 3.8) is 0 Å². The van der Waals surface area contributed by atoms with Gasteiger partial charge in [0.2, 0.25) is 0 Å². The van der Waals surface area contributed by atoms with Crippen LogP contribution in [0, 0.1) is 17.8 Å². The Morgan fingerprint density at radius 3 is 2.42 bits per heavy atom. The second-order valence-corrected chi connectivity index (χ2v) is 9.00. The lowest BCUT2D eigenvalue weighted by atomic mass is 9.70. The van der Waals surface area contributed by atoms with Crippen LogP contribution in [-0.4, -0.2) is 23.1 Å². The summed E-state index contributed by atoms with van der Waals surface area (Å²) in [7, 11) is 0.